The Morgan fingerprint density at radius 1 is 1.33 bits per heavy atom. The zero-order chi connectivity index (χ0) is 17.9. The van der Waals surface area contributed by atoms with Crippen molar-refractivity contribution in [1.29, 1.82) is 0 Å². The minimum Gasteiger partial charge on any atom is -0.493 e. The van der Waals surface area contributed by atoms with Gasteiger partial charge in [0.1, 0.15) is 6.54 Å². The highest BCUT2D eigenvalue weighted by molar-refractivity contribution is 7.80. The SMILES string of the molecule is COc1cccc(C=NN2C(=O)CN(C(C)=O)C2=S)c1OC(C)=O. The van der Waals surface area contributed by atoms with E-state index >= 15 is 0 Å². The van der Waals surface area contributed by atoms with Crippen LogP contribution in [-0.2, 0) is 14.4 Å². The van der Waals surface area contributed by atoms with Gasteiger partial charge in [-0.25, -0.2) is 0 Å². The van der Waals surface area contributed by atoms with Gasteiger partial charge in [-0.1, -0.05) is 6.07 Å². The zero-order valence-corrected chi connectivity index (χ0v) is 14.1. The van der Waals surface area contributed by atoms with Crippen LogP contribution in [0, 0.1) is 0 Å². The van der Waals surface area contributed by atoms with Crippen LogP contribution in [0.25, 0.3) is 0 Å². The molecule has 0 aliphatic carbocycles. The summed E-state index contributed by atoms with van der Waals surface area (Å²) in [6.45, 7) is 2.42. The van der Waals surface area contributed by atoms with Crippen molar-refractivity contribution in [3.05, 3.63) is 23.8 Å². The van der Waals surface area contributed by atoms with E-state index in [1.807, 2.05) is 0 Å². The summed E-state index contributed by atoms with van der Waals surface area (Å²) in [5.41, 5.74) is 0.418. The number of methoxy groups -OCH3 is 1. The molecule has 9 heteroatoms. The average molecular weight is 349 g/mol. The van der Waals surface area contributed by atoms with Gasteiger partial charge >= 0.3 is 5.97 Å². The van der Waals surface area contributed by atoms with Gasteiger partial charge in [0, 0.05) is 19.4 Å². The van der Waals surface area contributed by atoms with E-state index in [9.17, 15) is 14.4 Å². The average Bonchev–Trinajstić information content (AvgIpc) is 2.80. The molecule has 1 aromatic rings. The van der Waals surface area contributed by atoms with E-state index in [0.29, 0.717) is 11.3 Å². The normalized spacial score (nSPS) is 14.5. The quantitative estimate of drug-likeness (QED) is 0.348. The lowest BCUT2D eigenvalue weighted by atomic mass is 10.2. The lowest BCUT2D eigenvalue weighted by Gasteiger charge is -2.13. The van der Waals surface area contributed by atoms with Crippen molar-refractivity contribution in [3.63, 3.8) is 0 Å². The number of nitrogens with zero attached hydrogens (tertiary/aromatic N) is 3. The molecule has 1 fully saturated rings. The molecule has 1 aromatic carbocycles. The number of thiocarbonyl (C=S) groups is 1. The van der Waals surface area contributed by atoms with Crippen molar-refractivity contribution in [1.82, 2.24) is 9.91 Å². The summed E-state index contributed by atoms with van der Waals surface area (Å²) >= 11 is 5.07. The van der Waals surface area contributed by atoms with Crippen LogP contribution in [0.2, 0.25) is 0 Å². The molecule has 0 radical (unpaired) electrons. The fourth-order valence-corrected chi connectivity index (χ4v) is 2.36. The number of carbonyl (C=O) groups is 3. The zero-order valence-electron chi connectivity index (χ0n) is 13.3. The van der Waals surface area contributed by atoms with E-state index in [1.54, 1.807) is 18.2 Å². The fourth-order valence-electron chi connectivity index (χ4n) is 2.02. The first-order valence-corrected chi connectivity index (χ1v) is 7.30. The number of hydrogen-bond donors (Lipinski definition) is 0. The topological polar surface area (TPSA) is 88.5 Å². The van der Waals surface area contributed by atoms with E-state index in [0.717, 1.165) is 9.91 Å². The van der Waals surface area contributed by atoms with Crippen LogP contribution in [0.3, 0.4) is 0 Å². The lowest BCUT2D eigenvalue weighted by molar-refractivity contribution is -0.132. The van der Waals surface area contributed by atoms with Gasteiger partial charge in [0.15, 0.2) is 11.5 Å². The van der Waals surface area contributed by atoms with Crippen LogP contribution >= 0.6 is 12.2 Å². The number of para-hydroxylation sites is 1. The first-order chi connectivity index (χ1) is 11.3. The molecule has 0 atom stereocenters. The largest absolute Gasteiger partial charge is 0.493 e. The molecule has 0 saturated carbocycles. The minimum absolute atomic E-state index is 0.000632. The smallest absolute Gasteiger partial charge is 0.308 e. The summed E-state index contributed by atoms with van der Waals surface area (Å²) < 4.78 is 10.3. The van der Waals surface area contributed by atoms with E-state index in [2.05, 4.69) is 5.10 Å². The molecule has 1 aliphatic heterocycles. The van der Waals surface area contributed by atoms with Gasteiger partial charge < -0.3 is 9.47 Å². The molecule has 0 unspecified atom stereocenters. The van der Waals surface area contributed by atoms with Crippen LogP contribution in [0.1, 0.15) is 19.4 Å². The van der Waals surface area contributed by atoms with Gasteiger partial charge in [0.05, 0.1) is 13.3 Å². The number of esters is 1. The van der Waals surface area contributed by atoms with Crippen LogP contribution in [-0.4, -0.2) is 52.7 Å². The highest BCUT2D eigenvalue weighted by Crippen LogP contribution is 2.30. The second kappa shape index (κ2) is 7.18. The van der Waals surface area contributed by atoms with E-state index in [1.165, 1.54) is 27.2 Å². The Labute approximate surface area is 143 Å². The van der Waals surface area contributed by atoms with Gasteiger partial charge in [0.25, 0.3) is 5.91 Å². The molecule has 24 heavy (non-hydrogen) atoms. The second-order valence-electron chi connectivity index (χ2n) is 4.81. The maximum absolute atomic E-state index is 11.9. The molecular weight excluding hydrogens is 334 g/mol. The molecule has 0 bridgehead atoms. The fraction of sp³-hybridized carbons (Fsp3) is 0.267. The summed E-state index contributed by atoms with van der Waals surface area (Å²) in [5, 5.41) is 4.96. The lowest BCUT2D eigenvalue weighted by Crippen LogP contribution is -2.32. The van der Waals surface area contributed by atoms with Crippen molar-refractivity contribution in [3.8, 4) is 11.5 Å². The highest BCUT2D eigenvalue weighted by Gasteiger charge is 2.35. The Balaban J connectivity index is 2.32. The summed E-state index contributed by atoms with van der Waals surface area (Å²) in [7, 11) is 1.44. The first kappa shape index (κ1) is 17.5. The summed E-state index contributed by atoms with van der Waals surface area (Å²) in [5.74, 6) is -0.770. The Hall–Kier alpha value is -2.81. The van der Waals surface area contributed by atoms with E-state index in [4.69, 9.17) is 21.7 Å². The van der Waals surface area contributed by atoms with Gasteiger partial charge in [-0.2, -0.15) is 10.1 Å². The molecule has 1 aliphatic rings. The number of hydrazone groups is 1. The Kier molecular flexibility index (Phi) is 5.24. The molecule has 0 N–H and O–H groups in total. The summed E-state index contributed by atoms with van der Waals surface area (Å²) in [4.78, 5) is 35.8. The predicted octanol–water partition coefficient (Wildman–Crippen LogP) is 0.930. The number of amides is 2. The number of carbonyl (C=O) groups excluding carboxylic acids is 3. The third-order valence-electron chi connectivity index (χ3n) is 3.11. The number of benzene rings is 1. The van der Waals surface area contributed by atoms with Crippen molar-refractivity contribution in [2.45, 2.75) is 13.8 Å². The van der Waals surface area contributed by atoms with Gasteiger partial charge in [-0.15, -0.1) is 0 Å². The Morgan fingerprint density at radius 2 is 2.04 bits per heavy atom. The molecule has 1 heterocycles. The van der Waals surface area contributed by atoms with Crippen molar-refractivity contribution >= 4 is 41.3 Å². The Morgan fingerprint density at radius 3 is 2.58 bits per heavy atom. The minimum atomic E-state index is -0.523. The van der Waals surface area contributed by atoms with Crippen molar-refractivity contribution in [2.75, 3.05) is 13.7 Å². The third-order valence-corrected chi connectivity index (χ3v) is 3.50. The molecule has 126 valence electrons. The van der Waals surface area contributed by atoms with Crippen molar-refractivity contribution in [2.24, 2.45) is 5.10 Å². The maximum atomic E-state index is 11.9. The van der Waals surface area contributed by atoms with Gasteiger partial charge in [-0.05, 0) is 24.4 Å². The van der Waals surface area contributed by atoms with Crippen LogP contribution in [0.15, 0.2) is 23.3 Å². The molecule has 0 spiro atoms. The van der Waals surface area contributed by atoms with Crippen LogP contribution in [0.4, 0.5) is 0 Å². The summed E-state index contributed by atoms with van der Waals surface area (Å²) in [6, 6.07) is 4.94. The first-order valence-electron chi connectivity index (χ1n) is 6.89. The Bertz CT molecular complexity index is 747. The van der Waals surface area contributed by atoms with Crippen molar-refractivity contribution < 1.29 is 23.9 Å². The maximum Gasteiger partial charge on any atom is 0.308 e. The molecule has 8 nitrogen and oxygen atoms in total. The molecule has 2 rings (SSSR count). The van der Waals surface area contributed by atoms with Gasteiger partial charge in [-0.3, -0.25) is 19.3 Å². The number of hydrogen-bond acceptors (Lipinski definition) is 7. The number of rotatable bonds is 4. The van der Waals surface area contributed by atoms with Crippen LogP contribution < -0.4 is 9.47 Å². The van der Waals surface area contributed by atoms with Gasteiger partial charge in [0.2, 0.25) is 11.0 Å². The van der Waals surface area contributed by atoms with E-state index in [-0.39, 0.29) is 23.3 Å². The standard InChI is InChI=1S/C15H15N3O5S/c1-9(19)17-8-13(21)18(15(17)24)16-7-11-5-4-6-12(22-3)14(11)23-10(2)20/h4-7H,8H2,1-3H3. The molecule has 1 saturated heterocycles. The van der Waals surface area contributed by atoms with E-state index < -0.39 is 11.9 Å². The molecule has 0 aromatic heterocycles. The monoisotopic (exact) mass is 349 g/mol. The summed E-state index contributed by atoms with van der Waals surface area (Å²) in [6.07, 6.45) is 1.31. The molecule has 2 amide bonds. The molecular formula is C15H15N3O5S. The van der Waals surface area contributed by atoms with Crippen LogP contribution in [0.5, 0.6) is 11.5 Å². The third kappa shape index (κ3) is 3.57. The second-order valence-corrected chi connectivity index (χ2v) is 5.18. The number of ether oxygens (including phenoxy) is 2. The predicted molar refractivity (Wildman–Crippen MR) is 88.7 cm³/mol. The highest BCUT2D eigenvalue weighted by atomic mass is 32.1.